The van der Waals surface area contributed by atoms with Crippen molar-refractivity contribution < 1.29 is 4.79 Å². The van der Waals surface area contributed by atoms with Crippen molar-refractivity contribution in [3.05, 3.63) is 70.8 Å². The van der Waals surface area contributed by atoms with Crippen LogP contribution < -0.4 is 11.1 Å². The van der Waals surface area contributed by atoms with Crippen molar-refractivity contribution >= 4 is 5.91 Å². The molecule has 1 atom stereocenters. The molecule has 1 aliphatic heterocycles. The van der Waals surface area contributed by atoms with E-state index in [0.717, 1.165) is 31.5 Å². The van der Waals surface area contributed by atoms with Gasteiger partial charge in [0.2, 0.25) is 5.91 Å². The minimum Gasteiger partial charge on any atom is -0.355 e. The van der Waals surface area contributed by atoms with E-state index in [1.165, 1.54) is 16.7 Å². The molecule has 0 radical (unpaired) electrons. The number of benzene rings is 2. The SMILES string of the molecule is CC(CNC(=O)CCc1ccccc1CN)N1CCc2ccccc2C1. The summed E-state index contributed by atoms with van der Waals surface area (Å²) in [7, 11) is 0. The Labute approximate surface area is 156 Å². The molecule has 138 valence electrons. The average molecular weight is 351 g/mol. The van der Waals surface area contributed by atoms with Crippen LogP contribution in [0.1, 0.15) is 35.6 Å². The smallest absolute Gasteiger partial charge is 0.220 e. The van der Waals surface area contributed by atoms with Crippen LogP contribution in [0.4, 0.5) is 0 Å². The lowest BCUT2D eigenvalue weighted by Gasteiger charge is -2.33. The van der Waals surface area contributed by atoms with E-state index in [1.54, 1.807) is 0 Å². The maximum Gasteiger partial charge on any atom is 0.220 e. The third kappa shape index (κ3) is 4.71. The third-order valence-corrected chi connectivity index (χ3v) is 5.34. The van der Waals surface area contributed by atoms with Gasteiger partial charge >= 0.3 is 0 Å². The molecule has 4 nitrogen and oxygen atoms in total. The topological polar surface area (TPSA) is 58.4 Å². The molecule has 2 aromatic carbocycles. The maximum absolute atomic E-state index is 12.2. The van der Waals surface area contributed by atoms with Crippen molar-refractivity contribution in [3.63, 3.8) is 0 Å². The molecule has 3 rings (SSSR count). The summed E-state index contributed by atoms with van der Waals surface area (Å²) in [5.41, 5.74) is 10.9. The lowest BCUT2D eigenvalue weighted by atomic mass is 9.99. The molecule has 0 aliphatic carbocycles. The van der Waals surface area contributed by atoms with E-state index < -0.39 is 0 Å². The summed E-state index contributed by atoms with van der Waals surface area (Å²) in [4.78, 5) is 14.7. The van der Waals surface area contributed by atoms with Gasteiger partial charge in [0.25, 0.3) is 0 Å². The molecule has 1 amide bonds. The Kier molecular flexibility index (Phi) is 6.42. The summed E-state index contributed by atoms with van der Waals surface area (Å²) in [6, 6.07) is 17.1. The molecule has 1 heterocycles. The van der Waals surface area contributed by atoms with Crippen LogP contribution in [0.15, 0.2) is 48.5 Å². The minimum atomic E-state index is 0.112. The molecule has 0 bridgehead atoms. The maximum atomic E-state index is 12.2. The third-order valence-electron chi connectivity index (χ3n) is 5.34. The molecule has 1 unspecified atom stereocenters. The molecular weight excluding hydrogens is 322 g/mol. The summed E-state index contributed by atoms with van der Waals surface area (Å²) in [5.74, 6) is 0.112. The summed E-state index contributed by atoms with van der Waals surface area (Å²) in [5, 5.41) is 3.10. The van der Waals surface area contributed by atoms with Gasteiger partial charge in [-0.25, -0.2) is 0 Å². The van der Waals surface area contributed by atoms with Crippen LogP contribution in [0.25, 0.3) is 0 Å². The van der Waals surface area contributed by atoms with Gasteiger partial charge in [0.1, 0.15) is 0 Å². The van der Waals surface area contributed by atoms with Crippen molar-refractivity contribution in [2.24, 2.45) is 5.73 Å². The first-order valence-electron chi connectivity index (χ1n) is 9.51. The molecule has 26 heavy (non-hydrogen) atoms. The van der Waals surface area contributed by atoms with Gasteiger partial charge in [-0.05, 0) is 42.0 Å². The number of aryl methyl sites for hydroxylation is 1. The van der Waals surface area contributed by atoms with Crippen LogP contribution in [0.2, 0.25) is 0 Å². The van der Waals surface area contributed by atoms with Crippen LogP contribution in [0.5, 0.6) is 0 Å². The van der Waals surface area contributed by atoms with Crippen molar-refractivity contribution in [1.29, 1.82) is 0 Å². The molecule has 3 N–H and O–H groups in total. The van der Waals surface area contributed by atoms with E-state index in [9.17, 15) is 4.79 Å². The van der Waals surface area contributed by atoms with E-state index in [0.29, 0.717) is 25.6 Å². The molecule has 2 aromatic rings. The number of nitrogens with two attached hydrogens (primary N) is 1. The number of rotatable bonds is 7. The number of carbonyl (C=O) groups is 1. The van der Waals surface area contributed by atoms with Gasteiger partial charge in [-0.15, -0.1) is 0 Å². The minimum absolute atomic E-state index is 0.112. The quantitative estimate of drug-likeness (QED) is 0.806. The zero-order valence-electron chi connectivity index (χ0n) is 15.6. The highest BCUT2D eigenvalue weighted by atomic mass is 16.1. The number of hydrogen-bond acceptors (Lipinski definition) is 3. The second kappa shape index (κ2) is 8.97. The highest BCUT2D eigenvalue weighted by Gasteiger charge is 2.20. The highest BCUT2D eigenvalue weighted by Crippen LogP contribution is 2.20. The van der Waals surface area contributed by atoms with Gasteiger partial charge in [0.15, 0.2) is 0 Å². The predicted molar refractivity (Wildman–Crippen MR) is 106 cm³/mol. The molecular formula is C22H29N3O. The lowest BCUT2D eigenvalue weighted by molar-refractivity contribution is -0.121. The molecule has 0 saturated carbocycles. The summed E-state index contributed by atoms with van der Waals surface area (Å²) < 4.78 is 0. The Bertz CT molecular complexity index is 744. The zero-order chi connectivity index (χ0) is 18.4. The normalized spacial score (nSPS) is 15.3. The van der Waals surface area contributed by atoms with E-state index in [2.05, 4.69) is 47.5 Å². The van der Waals surface area contributed by atoms with E-state index in [-0.39, 0.29) is 5.91 Å². The van der Waals surface area contributed by atoms with Gasteiger partial charge in [-0.1, -0.05) is 48.5 Å². The molecule has 1 aliphatic rings. The van der Waals surface area contributed by atoms with Gasteiger partial charge in [0.05, 0.1) is 0 Å². The largest absolute Gasteiger partial charge is 0.355 e. The second-order valence-electron chi connectivity index (χ2n) is 7.12. The van der Waals surface area contributed by atoms with Crippen molar-refractivity contribution in [2.45, 2.75) is 45.3 Å². The molecule has 0 fully saturated rings. The summed E-state index contributed by atoms with van der Waals surface area (Å²) in [6.45, 7) is 5.43. The Morgan fingerprint density at radius 3 is 2.58 bits per heavy atom. The first kappa shape index (κ1) is 18.6. The number of amides is 1. The van der Waals surface area contributed by atoms with E-state index in [1.807, 2.05) is 18.2 Å². The molecule has 0 spiro atoms. The fraction of sp³-hybridized carbons (Fsp3) is 0.409. The first-order valence-corrected chi connectivity index (χ1v) is 9.51. The average Bonchev–Trinajstić information content (AvgIpc) is 2.70. The molecule has 0 saturated heterocycles. The Morgan fingerprint density at radius 2 is 1.81 bits per heavy atom. The Balaban J connectivity index is 1.44. The van der Waals surface area contributed by atoms with Gasteiger partial charge in [-0.3, -0.25) is 9.69 Å². The summed E-state index contributed by atoms with van der Waals surface area (Å²) in [6.07, 6.45) is 2.33. The van der Waals surface area contributed by atoms with Crippen LogP contribution >= 0.6 is 0 Å². The van der Waals surface area contributed by atoms with Gasteiger partial charge in [-0.2, -0.15) is 0 Å². The van der Waals surface area contributed by atoms with Crippen molar-refractivity contribution in [3.8, 4) is 0 Å². The zero-order valence-corrected chi connectivity index (χ0v) is 15.6. The molecule has 4 heteroatoms. The first-order chi connectivity index (χ1) is 12.7. The van der Waals surface area contributed by atoms with Crippen LogP contribution in [-0.2, 0) is 30.7 Å². The standard InChI is InChI=1S/C22H29N3O/c1-17(25-13-12-19-7-3-5-9-21(19)16-25)15-24-22(26)11-10-18-6-2-4-8-20(18)14-23/h2-9,17H,10-16,23H2,1H3,(H,24,26). The van der Waals surface area contributed by atoms with Crippen molar-refractivity contribution in [1.82, 2.24) is 10.2 Å². The van der Waals surface area contributed by atoms with Crippen LogP contribution in [0, 0.1) is 0 Å². The van der Waals surface area contributed by atoms with E-state index in [4.69, 9.17) is 5.73 Å². The number of hydrogen-bond donors (Lipinski definition) is 2. The van der Waals surface area contributed by atoms with Gasteiger partial charge in [0, 0.05) is 38.6 Å². The summed E-state index contributed by atoms with van der Waals surface area (Å²) >= 11 is 0. The van der Waals surface area contributed by atoms with Crippen LogP contribution in [0.3, 0.4) is 0 Å². The second-order valence-corrected chi connectivity index (χ2v) is 7.12. The Hall–Kier alpha value is -2.17. The van der Waals surface area contributed by atoms with Gasteiger partial charge < -0.3 is 11.1 Å². The highest BCUT2D eigenvalue weighted by molar-refractivity contribution is 5.76. The number of nitrogens with zero attached hydrogens (tertiary/aromatic N) is 1. The monoisotopic (exact) mass is 351 g/mol. The van der Waals surface area contributed by atoms with E-state index >= 15 is 0 Å². The Morgan fingerprint density at radius 1 is 1.12 bits per heavy atom. The lowest BCUT2D eigenvalue weighted by Crippen LogP contribution is -2.44. The fourth-order valence-corrected chi connectivity index (χ4v) is 3.62. The van der Waals surface area contributed by atoms with Crippen molar-refractivity contribution in [2.75, 3.05) is 13.1 Å². The number of nitrogens with one attached hydrogen (secondary N) is 1. The predicted octanol–water partition coefficient (Wildman–Crippen LogP) is 2.64. The molecule has 0 aromatic heterocycles. The fourth-order valence-electron chi connectivity index (χ4n) is 3.62. The van der Waals surface area contributed by atoms with Crippen LogP contribution in [-0.4, -0.2) is 29.9 Å². The number of fused-ring (bicyclic) bond motifs is 1. The number of carbonyl (C=O) groups excluding carboxylic acids is 1.